The van der Waals surface area contributed by atoms with Crippen LogP contribution in [0.4, 0.5) is 17.1 Å². The number of halogens is 2. The van der Waals surface area contributed by atoms with Gasteiger partial charge in [0, 0.05) is 38.9 Å². The quantitative estimate of drug-likeness (QED) is 0.213. The lowest BCUT2D eigenvalue weighted by atomic mass is 10.1. The maximum Gasteiger partial charge on any atom is 0.336 e. The van der Waals surface area contributed by atoms with Crippen LogP contribution in [0.25, 0.3) is 11.0 Å². The molecule has 0 saturated carbocycles. The van der Waals surface area contributed by atoms with Crippen LogP contribution in [0.3, 0.4) is 0 Å². The minimum absolute atomic E-state index is 0.0490. The molecule has 0 spiro atoms. The lowest BCUT2D eigenvalue weighted by Crippen LogP contribution is -2.19. The van der Waals surface area contributed by atoms with Crippen LogP contribution in [0.5, 0.6) is 0 Å². The number of rotatable bonds is 5. The van der Waals surface area contributed by atoms with Crippen molar-refractivity contribution in [3.8, 4) is 0 Å². The number of hydrogen-bond acceptors (Lipinski definition) is 5. The third-order valence-corrected chi connectivity index (χ3v) is 6.78. The molecule has 1 heterocycles. The van der Waals surface area contributed by atoms with Crippen LogP contribution in [0.1, 0.15) is 5.56 Å². The first kappa shape index (κ1) is 24.0. The summed E-state index contributed by atoms with van der Waals surface area (Å²) < 4.78 is 33.0. The van der Waals surface area contributed by atoms with Gasteiger partial charge in [0.25, 0.3) is 10.0 Å². The number of nitrogens with one attached hydrogen (secondary N) is 3. The summed E-state index contributed by atoms with van der Waals surface area (Å²) in [5.41, 5.74) is 2.30. The van der Waals surface area contributed by atoms with Crippen molar-refractivity contribution in [2.75, 3.05) is 15.4 Å². The van der Waals surface area contributed by atoms with Gasteiger partial charge in [-0.05, 0) is 79.3 Å². The Morgan fingerprint density at radius 1 is 0.853 bits per heavy atom. The Morgan fingerprint density at radius 3 is 2.15 bits per heavy atom. The van der Waals surface area contributed by atoms with Crippen LogP contribution >= 0.6 is 35.4 Å². The number of anilines is 3. The summed E-state index contributed by atoms with van der Waals surface area (Å²) in [6.45, 7) is 1.84. The highest BCUT2D eigenvalue weighted by molar-refractivity contribution is 7.92. The maximum atomic E-state index is 12.7. The number of hydrogen-bond donors (Lipinski definition) is 3. The largest absolute Gasteiger partial charge is 0.423 e. The normalized spacial score (nSPS) is 11.3. The highest BCUT2D eigenvalue weighted by atomic mass is 35.5. The number of thiocarbonyl (C=S) groups is 1. The molecular formula is C23H17Cl2N3O4S2. The molecule has 1 aromatic heterocycles. The van der Waals surface area contributed by atoms with Crippen molar-refractivity contribution in [1.82, 2.24) is 0 Å². The summed E-state index contributed by atoms with van der Waals surface area (Å²) in [7, 11) is -3.85. The lowest BCUT2D eigenvalue weighted by molar-refractivity contribution is 0.560. The molecule has 0 unspecified atom stereocenters. The fourth-order valence-corrected chi connectivity index (χ4v) is 5.04. The number of fused-ring (bicyclic) bond motifs is 1. The second-order valence-electron chi connectivity index (χ2n) is 7.33. The van der Waals surface area contributed by atoms with E-state index in [-0.39, 0.29) is 15.7 Å². The van der Waals surface area contributed by atoms with Crippen LogP contribution in [0.15, 0.2) is 80.8 Å². The fraction of sp³-hybridized carbons (Fsp3) is 0.0435. The van der Waals surface area contributed by atoms with E-state index in [0.717, 1.165) is 10.9 Å². The van der Waals surface area contributed by atoms with Crippen molar-refractivity contribution < 1.29 is 12.8 Å². The van der Waals surface area contributed by atoms with Crippen LogP contribution < -0.4 is 21.0 Å². The van der Waals surface area contributed by atoms with Crippen molar-refractivity contribution in [3.05, 3.63) is 92.8 Å². The molecule has 3 aromatic carbocycles. The first-order chi connectivity index (χ1) is 16.1. The van der Waals surface area contributed by atoms with Gasteiger partial charge in [-0.25, -0.2) is 13.2 Å². The zero-order valence-corrected chi connectivity index (χ0v) is 20.7. The second-order valence-corrected chi connectivity index (χ2v) is 10.3. The predicted octanol–water partition coefficient (Wildman–Crippen LogP) is 6.02. The van der Waals surface area contributed by atoms with Crippen molar-refractivity contribution in [3.63, 3.8) is 0 Å². The van der Waals surface area contributed by atoms with Crippen molar-refractivity contribution >= 4 is 78.6 Å². The molecule has 0 bridgehead atoms. The third kappa shape index (κ3) is 5.68. The van der Waals surface area contributed by atoms with Crippen molar-refractivity contribution in [2.24, 2.45) is 0 Å². The second kappa shape index (κ2) is 9.63. The van der Waals surface area contributed by atoms with Crippen molar-refractivity contribution in [1.29, 1.82) is 0 Å². The molecule has 11 heteroatoms. The lowest BCUT2D eigenvalue weighted by Gasteiger charge is -2.12. The van der Waals surface area contributed by atoms with E-state index in [4.69, 9.17) is 39.8 Å². The Morgan fingerprint density at radius 2 is 1.47 bits per heavy atom. The van der Waals surface area contributed by atoms with Crippen LogP contribution in [0, 0.1) is 6.92 Å². The maximum absolute atomic E-state index is 12.7. The molecule has 0 atom stereocenters. The first-order valence-corrected chi connectivity index (χ1v) is 12.5. The minimum atomic E-state index is -3.85. The van der Waals surface area contributed by atoms with Crippen LogP contribution in [-0.4, -0.2) is 13.5 Å². The summed E-state index contributed by atoms with van der Waals surface area (Å²) in [4.78, 5) is 11.7. The number of aryl methyl sites for hydroxylation is 1. The van der Waals surface area contributed by atoms with E-state index >= 15 is 0 Å². The molecule has 4 aromatic rings. The third-order valence-electron chi connectivity index (χ3n) is 4.75. The van der Waals surface area contributed by atoms with Gasteiger partial charge in [0.2, 0.25) is 0 Å². The SMILES string of the molecule is Cc1cc(=O)oc2cc(NC(=S)Nc3ccc(S(=O)(=O)Nc4cc(Cl)cc(Cl)c4)cc3)ccc12. The Kier molecular flexibility index (Phi) is 6.81. The van der Waals surface area contributed by atoms with E-state index in [1.54, 1.807) is 18.2 Å². The minimum Gasteiger partial charge on any atom is -0.423 e. The van der Waals surface area contributed by atoms with Gasteiger partial charge in [0.1, 0.15) is 5.58 Å². The first-order valence-electron chi connectivity index (χ1n) is 9.80. The van der Waals surface area contributed by atoms with Gasteiger partial charge in [-0.3, -0.25) is 4.72 Å². The molecule has 0 fully saturated rings. The molecule has 4 rings (SSSR count). The van der Waals surface area contributed by atoms with Gasteiger partial charge in [-0.1, -0.05) is 23.2 Å². The molecule has 0 aliphatic heterocycles. The zero-order chi connectivity index (χ0) is 24.5. The molecule has 0 radical (unpaired) electrons. The van der Waals surface area contributed by atoms with Gasteiger partial charge < -0.3 is 15.1 Å². The van der Waals surface area contributed by atoms with Gasteiger partial charge in [0.15, 0.2) is 5.11 Å². The Bertz CT molecular complexity index is 1550. The summed E-state index contributed by atoms with van der Waals surface area (Å²) in [5.74, 6) is 0. The Labute approximate surface area is 210 Å². The molecule has 0 aliphatic rings. The van der Waals surface area contributed by atoms with Gasteiger partial charge in [0.05, 0.1) is 10.6 Å². The average Bonchev–Trinajstić information content (AvgIpc) is 2.72. The highest BCUT2D eigenvalue weighted by Gasteiger charge is 2.15. The van der Waals surface area contributed by atoms with E-state index in [1.165, 1.54) is 36.4 Å². The smallest absolute Gasteiger partial charge is 0.336 e. The summed E-state index contributed by atoms with van der Waals surface area (Å²) >= 11 is 17.2. The van der Waals surface area contributed by atoms with E-state index in [1.807, 2.05) is 19.1 Å². The molecular weight excluding hydrogens is 517 g/mol. The zero-order valence-electron chi connectivity index (χ0n) is 17.6. The van der Waals surface area contributed by atoms with E-state index in [9.17, 15) is 13.2 Å². The topological polar surface area (TPSA) is 100 Å². The predicted molar refractivity (Wildman–Crippen MR) is 141 cm³/mol. The molecule has 0 aliphatic carbocycles. The molecule has 0 amide bonds. The van der Waals surface area contributed by atoms with Gasteiger partial charge in [-0.15, -0.1) is 0 Å². The average molecular weight is 534 g/mol. The fourth-order valence-electron chi connectivity index (χ4n) is 3.24. The molecule has 7 nitrogen and oxygen atoms in total. The summed E-state index contributed by atoms with van der Waals surface area (Å²) in [6, 6.07) is 17.2. The number of benzene rings is 3. The molecule has 34 heavy (non-hydrogen) atoms. The molecule has 3 N–H and O–H groups in total. The van der Waals surface area contributed by atoms with Crippen LogP contribution in [0.2, 0.25) is 10.0 Å². The van der Waals surface area contributed by atoms with Crippen molar-refractivity contribution in [2.45, 2.75) is 11.8 Å². The highest BCUT2D eigenvalue weighted by Crippen LogP contribution is 2.25. The molecule has 174 valence electrons. The van der Waals surface area contributed by atoms with E-state index < -0.39 is 15.6 Å². The Hall–Kier alpha value is -3.11. The summed E-state index contributed by atoms with van der Waals surface area (Å²) in [6.07, 6.45) is 0. The molecule has 0 saturated heterocycles. The summed E-state index contributed by atoms with van der Waals surface area (Å²) in [5, 5.41) is 7.73. The standard InChI is InChI=1S/C23H17Cl2N3O4S2/c1-13-8-22(29)32-21-12-17(4-7-20(13)21)27-23(33)26-16-2-5-19(6-3-16)34(30,31)28-18-10-14(24)9-15(25)11-18/h2-12,28H,1H3,(H2,26,27,33). The monoisotopic (exact) mass is 533 g/mol. The Balaban J connectivity index is 1.44. The number of sulfonamides is 1. The van der Waals surface area contributed by atoms with E-state index in [0.29, 0.717) is 27.0 Å². The van der Waals surface area contributed by atoms with Crippen LogP contribution in [-0.2, 0) is 10.0 Å². The van der Waals surface area contributed by atoms with Gasteiger partial charge in [-0.2, -0.15) is 0 Å². The van der Waals surface area contributed by atoms with Gasteiger partial charge >= 0.3 is 5.63 Å². The van der Waals surface area contributed by atoms with E-state index in [2.05, 4.69) is 15.4 Å².